The van der Waals surface area contributed by atoms with Gasteiger partial charge in [0.25, 0.3) is 0 Å². The van der Waals surface area contributed by atoms with Gasteiger partial charge < -0.3 is 14.8 Å². The molecule has 0 fully saturated rings. The standard InChI is InChI=1S/C18H21FN4O2/c1-22-9-7-20-16(22)4-3-8-23(2)18(25)14-11-17(24)21-15-6-5-12(19)10-13(14)15/h5-7,9-10,14H,3-4,8,11H2,1-2H3,(H,21,24). The fourth-order valence-electron chi connectivity index (χ4n) is 3.14. The number of carbonyl (C=O) groups excluding carboxylic acids is 2. The minimum atomic E-state index is -0.641. The number of anilines is 1. The molecule has 0 spiro atoms. The van der Waals surface area contributed by atoms with Crippen LogP contribution in [0.1, 0.15) is 30.1 Å². The Hall–Kier alpha value is -2.70. The van der Waals surface area contributed by atoms with E-state index < -0.39 is 11.7 Å². The molecule has 1 aliphatic heterocycles. The number of carbonyl (C=O) groups is 2. The summed E-state index contributed by atoms with van der Waals surface area (Å²) in [7, 11) is 3.65. The van der Waals surface area contributed by atoms with Gasteiger partial charge in [-0.25, -0.2) is 9.37 Å². The zero-order chi connectivity index (χ0) is 18.0. The van der Waals surface area contributed by atoms with Crippen molar-refractivity contribution in [3.8, 4) is 0 Å². The first-order chi connectivity index (χ1) is 12.0. The number of hydrogen-bond donors (Lipinski definition) is 1. The molecule has 1 atom stereocenters. The summed E-state index contributed by atoms with van der Waals surface area (Å²) in [6, 6.07) is 4.12. The quantitative estimate of drug-likeness (QED) is 0.903. The lowest BCUT2D eigenvalue weighted by molar-refractivity contribution is -0.133. The molecular weight excluding hydrogens is 323 g/mol. The van der Waals surface area contributed by atoms with Gasteiger partial charge in [-0.05, 0) is 30.2 Å². The summed E-state index contributed by atoms with van der Waals surface area (Å²) in [4.78, 5) is 30.5. The Morgan fingerprint density at radius 1 is 1.48 bits per heavy atom. The highest BCUT2D eigenvalue weighted by Gasteiger charge is 2.32. The van der Waals surface area contributed by atoms with Gasteiger partial charge >= 0.3 is 0 Å². The predicted octanol–water partition coefficient (Wildman–Crippen LogP) is 2.08. The van der Waals surface area contributed by atoms with Crippen LogP contribution < -0.4 is 5.32 Å². The van der Waals surface area contributed by atoms with E-state index in [9.17, 15) is 14.0 Å². The molecule has 3 rings (SSSR count). The van der Waals surface area contributed by atoms with Gasteiger partial charge in [-0.1, -0.05) is 0 Å². The number of likely N-dealkylation sites (N-methyl/N-ethyl adjacent to an activating group) is 1. The number of aryl methyl sites for hydroxylation is 2. The van der Waals surface area contributed by atoms with Crippen molar-refractivity contribution < 1.29 is 14.0 Å². The van der Waals surface area contributed by atoms with E-state index in [-0.39, 0.29) is 18.2 Å². The molecule has 2 amide bonds. The first kappa shape index (κ1) is 17.1. The zero-order valence-electron chi connectivity index (χ0n) is 14.3. The largest absolute Gasteiger partial charge is 0.345 e. The second kappa shape index (κ2) is 7.04. The first-order valence-electron chi connectivity index (χ1n) is 8.26. The van der Waals surface area contributed by atoms with Crippen LogP contribution in [0.3, 0.4) is 0 Å². The lowest BCUT2D eigenvalue weighted by Gasteiger charge is -2.28. The molecular formula is C18H21FN4O2. The summed E-state index contributed by atoms with van der Waals surface area (Å²) in [6.45, 7) is 0.550. The van der Waals surface area contributed by atoms with Crippen molar-refractivity contribution in [1.29, 1.82) is 0 Å². The molecule has 0 saturated heterocycles. The van der Waals surface area contributed by atoms with Gasteiger partial charge in [0.15, 0.2) is 0 Å². The van der Waals surface area contributed by atoms with Crippen molar-refractivity contribution >= 4 is 17.5 Å². The maximum Gasteiger partial charge on any atom is 0.230 e. The summed E-state index contributed by atoms with van der Waals surface area (Å²) in [6.07, 6.45) is 5.20. The van der Waals surface area contributed by atoms with Gasteiger partial charge in [0, 0.05) is 51.6 Å². The second-order valence-corrected chi connectivity index (χ2v) is 6.35. The molecule has 1 unspecified atom stereocenters. The summed E-state index contributed by atoms with van der Waals surface area (Å²) in [5.41, 5.74) is 1.05. The number of amides is 2. The van der Waals surface area contributed by atoms with Crippen molar-refractivity contribution in [3.63, 3.8) is 0 Å². The van der Waals surface area contributed by atoms with E-state index in [0.717, 1.165) is 18.7 Å². The molecule has 25 heavy (non-hydrogen) atoms. The van der Waals surface area contributed by atoms with E-state index in [1.54, 1.807) is 18.1 Å². The van der Waals surface area contributed by atoms with Crippen LogP contribution in [-0.2, 0) is 23.1 Å². The van der Waals surface area contributed by atoms with Gasteiger partial charge in [0.05, 0.1) is 5.92 Å². The van der Waals surface area contributed by atoms with Crippen LogP contribution >= 0.6 is 0 Å². The number of nitrogens with zero attached hydrogens (tertiary/aromatic N) is 3. The molecule has 0 aliphatic carbocycles. The SMILES string of the molecule is CN(CCCc1nccn1C)C(=O)C1CC(=O)Nc2ccc(F)cc21. The van der Waals surface area contributed by atoms with Crippen molar-refractivity contribution in [2.45, 2.75) is 25.2 Å². The summed E-state index contributed by atoms with van der Waals surface area (Å²) >= 11 is 0. The predicted molar refractivity (Wildman–Crippen MR) is 91.6 cm³/mol. The molecule has 1 N–H and O–H groups in total. The number of hydrogen-bond acceptors (Lipinski definition) is 3. The fraction of sp³-hybridized carbons (Fsp3) is 0.389. The third kappa shape index (κ3) is 3.70. The molecule has 1 aromatic heterocycles. The van der Waals surface area contributed by atoms with Crippen LogP contribution in [0.2, 0.25) is 0 Å². The van der Waals surface area contributed by atoms with E-state index in [2.05, 4.69) is 10.3 Å². The van der Waals surface area contributed by atoms with E-state index >= 15 is 0 Å². The van der Waals surface area contributed by atoms with Gasteiger partial charge in [-0.3, -0.25) is 9.59 Å². The lowest BCUT2D eigenvalue weighted by atomic mass is 9.89. The Balaban J connectivity index is 1.67. The average molecular weight is 344 g/mol. The van der Waals surface area contributed by atoms with E-state index in [0.29, 0.717) is 17.8 Å². The summed E-state index contributed by atoms with van der Waals surface area (Å²) in [5, 5.41) is 2.69. The smallest absolute Gasteiger partial charge is 0.230 e. The van der Waals surface area contributed by atoms with Crippen LogP contribution in [0.25, 0.3) is 0 Å². The molecule has 0 radical (unpaired) electrons. The number of imidazole rings is 1. The van der Waals surface area contributed by atoms with Gasteiger partial charge in [-0.15, -0.1) is 0 Å². The van der Waals surface area contributed by atoms with E-state index in [1.165, 1.54) is 18.2 Å². The van der Waals surface area contributed by atoms with Gasteiger partial charge in [0.2, 0.25) is 11.8 Å². The number of aromatic nitrogens is 2. The molecule has 7 heteroatoms. The minimum absolute atomic E-state index is 0.0407. The maximum atomic E-state index is 13.6. The van der Waals surface area contributed by atoms with Crippen LogP contribution in [0, 0.1) is 5.82 Å². The Morgan fingerprint density at radius 3 is 3.00 bits per heavy atom. The number of nitrogens with one attached hydrogen (secondary N) is 1. The summed E-state index contributed by atoms with van der Waals surface area (Å²) in [5.74, 6) is -0.478. The monoisotopic (exact) mass is 344 g/mol. The third-order valence-electron chi connectivity index (χ3n) is 4.54. The Morgan fingerprint density at radius 2 is 2.28 bits per heavy atom. The molecule has 0 saturated carbocycles. The second-order valence-electron chi connectivity index (χ2n) is 6.35. The molecule has 0 bridgehead atoms. The Kier molecular flexibility index (Phi) is 4.83. The van der Waals surface area contributed by atoms with Crippen LogP contribution in [0.4, 0.5) is 10.1 Å². The van der Waals surface area contributed by atoms with Crippen molar-refractivity contribution in [1.82, 2.24) is 14.5 Å². The average Bonchev–Trinajstić information content (AvgIpc) is 2.99. The van der Waals surface area contributed by atoms with Gasteiger partial charge in [0.1, 0.15) is 11.6 Å². The number of rotatable bonds is 5. The topological polar surface area (TPSA) is 67.2 Å². The molecule has 2 heterocycles. The molecule has 1 aliphatic rings. The summed E-state index contributed by atoms with van der Waals surface area (Å²) < 4.78 is 15.5. The van der Waals surface area contributed by atoms with E-state index in [4.69, 9.17) is 0 Å². The van der Waals surface area contributed by atoms with Gasteiger partial charge in [-0.2, -0.15) is 0 Å². The van der Waals surface area contributed by atoms with Crippen LogP contribution in [-0.4, -0.2) is 39.9 Å². The lowest BCUT2D eigenvalue weighted by Crippen LogP contribution is -2.37. The highest BCUT2D eigenvalue weighted by atomic mass is 19.1. The van der Waals surface area contributed by atoms with Crippen molar-refractivity contribution in [3.05, 3.63) is 47.8 Å². The van der Waals surface area contributed by atoms with E-state index in [1.807, 2.05) is 17.8 Å². The normalized spacial score (nSPS) is 16.3. The fourth-order valence-corrected chi connectivity index (χ4v) is 3.14. The number of benzene rings is 1. The Labute approximate surface area is 145 Å². The zero-order valence-corrected chi connectivity index (χ0v) is 14.3. The molecule has 6 nitrogen and oxygen atoms in total. The Bertz CT molecular complexity index is 802. The molecule has 2 aromatic rings. The minimum Gasteiger partial charge on any atom is -0.345 e. The van der Waals surface area contributed by atoms with Crippen LogP contribution in [0.15, 0.2) is 30.6 Å². The first-order valence-corrected chi connectivity index (χ1v) is 8.26. The third-order valence-corrected chi connectivity index (χ3v) is 4.54. The number of halogens is 1. The molecule has 132 valence electrons. The highest BCUT2D eigenvalue weighted by Crippen LogP contribution is 2.33. The maximum absolute atomic E-state index is 13.6. The van der Waals surface area contributed by atoms with Crippen molar-refractivity contribution in [2.75, 3.05) is 18.9 Å². The van der Waals surface area contributed by atoms with Crippen molar-refractivity contribution in [2.24, 2.45) is 7.05 Å². The molecule has 1 aromatic carbocycles. The highest BCUT2D eigenvalue weighted by molar-refractivity contribution is 6.01. The van der Waals surface area contributed by atoms with Crippen LogP contribution in [0.5, 0.6) is 0 Å². The number of fused-ring (bicyclic) bond motifs is 1.